The Balaban J connectivity index is 2.40. The lowest BCUT2D eigenvalue weighted by molar-refractivity contribution is -0.138. The lowest BCUT2D eigenvalue weighted by atomic mass is 10.0. The molecule has 104 valence electrons. The Morgan fingerprint density at radius 3 is 2.50 bits per heavy atom. The van der Waals surface area contributed by atoms with E-state index in [1.54, 1.807) is 19.1 Å². The van der Waals surface area contributed by atoms with E-state index in [0.717, 1.165) is 16.8 Å². The van der Waals surface area contributed by atoms with Crippen molar-refractivity contribution in [1.82, 2.24) is 0 Å². The molecule has 0 fully saturated rings. The van der Waals surface area contributed by atoms with Gasteiger partial charge in [0.15, 0.2) is 6.04 Å². The fraction of sp³-hybridized carbons (Fsp3) is 0.188. The van der Waals surface area contributed by atoms with Crippen molar-refractivity contribution in [2.24, 2.45) is 0 Å². The molecule has 0 radical (unpaired) electrons. The van der Waals surface area contributed by atoms with E-state index >= 15 is 0 Å². The Morgan fingerprint density at radius 2 is 1.85 bits per heavy atom. The van der Waals surface area contributed by atoms with E-state index in [1.165, 1.54) is 12.1 Å². The third-order valence-electron chi connectivity index (χ3n) is 3.24. The first-order valence-electron chi connectivity index (χ1n) is 6.30. The molecule has 0 spiro atoms. The predicted octanol–water partition coefficient (Wildman–Crippen LogP) is 3.68. The molecule has 2 N–H and O–H groups in total. The molecule has 3 nitrogen and oxygen atoms in total. The Kier molecular flexibility index (Phi) is 4.03. The van der Waals surface area contributed by atoms with Gasteiger partial charge < -0.3 is 10.4 Å². The maximum atomic E-state index is 13.4. The fourth-order valence-corrected chi connectivity index (χ4v) is 2.09. The van der Waals surface area contributed by atoms with Gasteiger partial charge in [-0.3, -0.25) is 0 Å². The summed E-state index contributed by atoms with van der Waals surface area (Å²) < 4.78 is 13.4. The van der Waals surface area contributed by atoms with E-state index in [-0.39, 0.29) is 0 Å². The quantitative estimate of drug-likeness (QED) is 0.893. The van der Waals surface area contributed by atoms with Crippen molar-refractivity contribution in [2.45, 2.75) is 19.9 Å². The van der Waals surface area contributed by atoms with Crippen LogP contribution in [0.1, 0.15) is 22.7 Å². The second-order valence-corrected chi connectivity index (χ2v) is 4.73. The van der Waals surface area contributed by atoms with Crippen molar-refractivity contribution >= 4 is 11.7 Å². The first-order chi connectivity index (χ1) is 9.49. The maximum Gasteiger partial charge on any atom is 0.330 e. The number of rotatable bonds is 4. The fourth-order valence-electron chi connectivity index (χ4n) is 2.09. The lowest BCUT2D eigenvalue weighted by Gasteiger charge is -2.19. The number of hydrogen-bond acceptors (Lipinski definition) is 2. The zero-order valence-electron chi connectivity index (χ0n) is 11.4. The highest BCUT2D eigenvalue weighted by Crippen LogP contribution is 2.25. The summed E-state index contributed by atoms with van der Waals surface area (Å²) in [6.07, 6.45) is 0. The van der Waals surface area contributed by atoms with Gasteiger partial charge >= 0.3 is 5.97 Å². The van der Waals surface area contributed by atoms with Crippen LogP contribution in [0.2, 0.25) is 0 Å². The highest BCUT2D eigenvalue weighted by molar-refractivity contribution is 5.80. The van der Waals surface area contributed by atoms with Crippen molar-refractivity contribution in [3.05, 3.63) is 65.0 Å². The molecule has 0 aliphatic rings. The van der Waals surface area contributed by atoms with Crippen LogP contribution in [0, 0.1) is 19.7 Å². The number of para-hydroxylation sites is 1. The van der Waals surface area contributed by atoms with Crippen LogP contribution in [0.15, 0.2) is 42.5 Å². The van der Waals surface area contributed by atoms with Crippen molar-refractivity contribution in [2.75, 3.05) is 5.32 Å². The van der Waals surface area contributed by atoms with Crippen LogP contribution >= 0.6 is 0 Å². The number of halogens is 1. The smallest absolute Gasteiger partial charge is 0.330 e. The summed E-state index contributed by atoms with van der Waals surface area (Å²) in [5.74, 6) is -1.48. The van der Waals surface area contributed by atoms with Gasteiger partial charge in [-0.1, -0.05) is 24.3 Å². The average molecular weight is 273 g/mol. The topological polar surface area (TPSA) is 49.3 Å². The maximum absolute atomic E-state index is 13.4. The number of aliphatic carboxylic acids is 1. The van der Waals surface area contributed by atoms with E-state index in [4.69, 9.17) is 0 Å². The van der Waals surface area contributed by atoms with Crippen molar-refractivity contribution in [1.29, 1.82) is 0 Å². The number of nitrogens with one attached hydrogen (secondary N) is 1. The molecule has 2 rings (SSSR count). The van der Waals surface area contributed by atoms with Crippen molar-refractivity contribution < 1.29 is 14.3 Å². The number of carbonyl (C=O) groups is 1. The lowest BCUT2D eigenvalue weighted by Crippen LogP contribution is -2.22. The Labute approximate surface area is 117 Å². The van der Waals surface area contributed by atoms with Gasteiger partial charge in [0.2, 0.25) is 0 Å². The van der Waals surface area contributed by atoms with Crippen molar-refractivity contribution in [3.63, 3.8) is 0 Å². The van der Waals surface area contributed by atoms with Crippen LogP contribution in [0.4, 0.5) is 10.1 Å². The standard InChI is InChI=1S/C16H16FNO2/c1-10-7-8-12(17)9-13(10)15(16(19)20)18-14-6-4-3-5-11(14)2/h3-9,15,18H,1-2H3,(H,19,20). The molecular weight excluding hydrogens is 257 g/mol. The Morgan fingerprint density at radius 1 is 1.15 bits per heavy atom. The second-order valence-electron chi connectivity index (χ2n) is 4.73. The molecule has 2 aromatic rings. The van der Waals surface area contributed by atoms with Gasteiger partial charge in [-0.05, 0) is 48.7 Å². The van der Waals surface area contributed by atoms with Gasteiger partial charge in [0.1, 0.15) is 5.82 Å². The third-order valence-corrected chi connectivity index (χ3v) is 3.24. The molecule has 0 aliphatic heterocycles. The zero-order valence-corrected chi connectivity index (χ0v) is 11.4. The number of benzene rings is 2. The molecule has 0 aromatic heterocycles. The van der Waals surface area contributed by atoms with E-state index in [9.17, 15) is 14.3 Å². The second kappa shape index (κ2) is 5.74. The first-order valence-corrected chi connectivity index (χ1v) is 6.30. The molecular formula is C16H16FNO2. The van der Waals surface area contributed by atoms with Crippen LogP contribution < -0.4 is 5.32 Å². The first kappa shape index (κ1) is 14.1. The van der Waals surface area contributed by atoms with Crippen LogP contribution in [0.5, 0.6) is 0 Å². The van der Waals surface area contributed by atoms with Crippen molar-refractivity contribution in [3.8, 4) is 0 Å². The van der Waals surface area contributed by atoms with Gasteiger partial charge in [-0.25, -0.2) is 9.18 Å². The van der Waals surface area contributed by atoms with E-state index < -0.39 is 17.8 Å². The van der Waals surface area contributed by atoms with Gasteiger partial charge in [-0.15, -0.1) is 0 Å². The summed E-state index contributed by atoms with van der Waals surface area (Å²) in [4.78, 5) is 11.5. The number of carboxylic acids is 1. The molecule has 4 heteroatoms. The highest BCUT2D eigenvalue weighted by atomic mass is 19.1. The minimum Gasteiger partial charge on any atom is -0.479 e. The number of anilines is 1. The number of carboxylic acid groups (broad SMARTS) is 1. The normalized spacial score (nSPS) is 11.9. The summed E-state index contributed by atoms with van der Waals surface area (Å²) in [6.45, 7) is 3.66. The molecule has 1 atom stereocenters. The van der Waals surface area contributed by atoms with Crippen LogP contribution in [0.25, 0.3) is 0 Å². The Hall–Kier alpha value is -2.36. The number of aryl methyl sites for hydroxylation is 2. The summed E-state index contributed by atoms with van der Waals surface area (Å²) in [5.41, 5.74) is 2.83. The van der Waals surface area contributed by atoms with Crippen LogP contribution in [-0.4, -0.2) is 11.1 Å². The van der Waals surface area contributed by atoms with Gasteiger partial charge in [-0.2, -0.15) is 0 Å². The molecule has 0 saturated heterocycles. The van der Waals surface area contributed by atoms with Gasteiger partial charge in [0.25, 0.3) is 0 Å². The third kappa shape index (κ3) is 2.96. The summed E-state index contributed by atoms with van der Waals surface area (Å²) in [6, 6.07) is 10.6. The largest absolute Gasteiger partial charge is 0.479 e. The molecule has 0 aliphatic carbocycles. The monoisotopic (exact) mass is 273 g/mol. The minimum absolute atomic E-state index is 0.431. The van der Waals surface area contributed by atoms with Gasteiger partial charge in [0, 0.05) is 5.69 Å². The minimum atomic E-state index is -1.04. The molecule has 2 aromatic carbocycles. The van der Waals surface area contributed by atoms with E-state index in [0.29, 0.717) is 5.56 Å². The molecule has 0 amide bonds. The predicted molar refractivity (Wildman–Crippen MR) is 76.3 cm³/mol. The molecule has 0 heterocycles. The highest BCUT2D eigenvalue weighted by Gasteiger charge is 2.22. The Bertz CT molecular complexity index is 640. The average Bonchev–Trinajstić information content (AvgIpc) is 2.40. The zero-order chi connectivity index (χ0) is 14.7. The summed E-state index contributed by atoms with van der Waals surface area (Å²) >= 11 is 0. The SMILES string of the molecule is Cc1ccccc1NC(C(=O)O)c1cc(F)ccc1C. The van der Waals surface area contributed by atoms with Crippen LogP contribution in [0.3, 0.4) is 0 Å². The molecule has 0 saturated carbocycles. The summed E-state index contributed by atoms with van der Waals surface area (Å²) in [7, 11) is 0. The summed E-state index contributed by atoms with van der Waals surface area (Å²) in [5, 5.41) is 12.4. The molecule has 20 heavy (non-hydrogen) atoms. The number of hydrogen-bond donors (Lipinski definition) is 2. The van der Waals surface area contributed by atoms with Gasteiger partial charge in [0.05, 0.1) is 0 Å². The van der Waals surface area contributed by atoms with E-state index in [1.807, 2.05) is 25.1 Å². The van der Waals surface area contributed by atoms with E-state index in [2.05, 4.69) is 5.32 Å². The van der Waals surface area contributed by atoms with Crippen LogP contribution in [-0.2, 0) is 4.79 Å². The molecule has 1 unspecified atom stereocenters. The molecule has 0 bridgehead atoms.